The summed E-state index contributed by atoms with van der Waals surface area (Å²) in [6, 6.07) is 0. The van der Waals surface area contributed by atoms with Crippen LogP contribution in [0.2, 0.25) is 0 Å². The molecule has 1 saturated carbocycles. The lowest BCUT2D eigenvalue weighted by molar-refractivity contribution is -0.118. The first-order valence-electron chi connectivity index (χ1n) is 5.61. The number of rotatable bonds is 5. The Bertz CT molecular complexity index is 424. The standard InChI is InChI=1S/C10H15N5O2/c1-6(16)11-4-5-12-10(17)9-13-8(14-15-9)7-2-3-7/h7H,2-5H2,1H3,(H,11,16)(H,12,17)(H,13,14,15). The number of aromatic nitrogens is 3. The van der Waals surface area contributed by atoms with Crippen LogP contribution in [0.15, 0.2) is 0 Å². The summed E-state index contributed by atoms with van der Waals surface area (Å²) in [6.45, 7) is 2.20. The molecule has 3 N–H and O–H groups in total. The molecule has 7 heteroatoms. The summed E-state index contributed by atoms with van der Waals surface area (Å²) < 4.78 is 0. The molecule has 1 aliphatic carbocycles. The molecule has 0 saturated heterocycles. The summed E-state index contributed by atoms with van der Waals surface area (Å²) in [6.07, 6.45) is 2.22. The lowest BCUT2D eigenvalue weighted by Crippen LogP contribution is -2.34. The summed E-state index contributed by atoms with van der Waals surface area (Å²) >= 11 is 0. The molecule has 0 aliphatic heterocycles. The van der Waals surface area contributed by atoms with Gasteiger partial charge >= 0.3 is 0 Å². The third-order valence-corrected chi connectivity index (χ3v) is 2.45. The molecule has 17 heavy (non-hydrogen) atoms. The molecule has 1 aromatic rings. The van der Waals surface area contributed by atoms with Gasteiger partial charge in [0.05, 0.1) is 0 Å². The zero-order chi connectivity index (χ0) is 12.3. The van der Waals surface area contributed by atoms with Crippen molar-refractivity contribution < 1.29 is 9.59 Å². The van der Waals surface area contributed by atoms with Crippen LogP contribution in [0.1, 0.15) is 42.1 Å². The molecule has 0 spiro atoms. The molecular formula is C10H15N5O2. The quantitative estimate of drug-likeness (QED) is 0.604. The van der Waals surface area contributed by atoms with Crippen molar-refractivity contribution in [3.8, 4) is 0 Å². The van der Waals surface area contributed by atoms with Gasteiger partial charge in [0.15, 0.2) is 0 Å². The summed E-state index contributed by atoms with van der Waals surface area (Å²) in [5.74, 6) is 0.960. The number of hydrogen-bond acceptors (Lipinski definition) is 4. The molecule has 7 nitrogen and oxygen atoms in total. The van der Waals surface area contributed by atoms with Crippen molar-refractivity contribution in [3.05, 3.63) is 11.6 Å². The lowest BCUT2D eigenvalue weighted by Gasteiger charge is -2.02. The third-order valence-electron chi connectivity index (χ3n) is 2.45. The Morgan fingerprint density at radius 2 is 2.06 bits per heavy atom. The van der Waals surface area contributed by atoms with Crippen LogP contribution in [0, 0.1) is 0 Å². The van der Waals surface area contributed by atoms with Gasteiger partial charge < -0.3 is 10.6 Å². The minimum atomic E-state index is -0.321. The summed E-state index contributed by atoms with van der Waals surface area (Å²) in [5.41, 5.74) is 0. The molecule has 2 amide bonds. The molecular weight excluding hydrogens is 222 g/mol. The number of hydrogen-bond donors (Lipinski definition) is 3. The Balaban J connectivity index is 1.76. The molecule has 0 aromatic carbocycles. The zero-order valence-electron chi connectivity index (χ0n) is 9.62. The first kappa shape index (κ1) is 11.6. The Kier molecular flexibility index (Phi) is 3.36. The minimum absolute atomic E-state index is 0.117. The van der Waals surface area contributed by atoms with Crippen LogP contribution >= 0.6 is 0 Å². The van der Waals surface area contributed by atoms with Gasteiger partial charge in [0.25, 0.3) is 5.91 Å². The highest BCUT2D eigenvalue weighted by atomic mass is 16.2. The Morgan fingerprint density at radius 1 is 1.35 bits per heavy atom. The molecule has 0 atom stereocenters. The number of carbonyl (C=O) groups excluding carboxylic acids is 2. The molecule has 92 valence electrons. The molecule has 1 heterocycles. The van der Waals surface area contributed by atoms with Crippen LogP contribution in [-0.4, -0.2) is 40.1 Å². The van der Waals surface area contributed by atoms with Crippen LogP contribution in [0.3, 0.4) is 0 Å². The van der Waals surface area contributed by atoms with E-state index in [1.165, 1.54) is 6.92 Å². The molecule has 0 radical (unpaired) electrons. The monoisotopic (exact) mass is 237 g/mol. The van der Waals surface area contributed by atoms with Crippen molar-refractivity contribution in [2.24, 2.45) is 0 Å². The highest BCUT2D eigenvalue weighted by Crippen LogP contribution is 2.37. The van der Waals surface area contributed by atoms with Crippen molar-refractivity contribution >= 4 is 11.8 Å². The second-order valence-corrected chi connectivity index (χ2v) is 4.06. The van der Waals surface area contributed by atoms with Crippen molar-refractivity contribution in [1.29, 1.82) is 0 Å². The Hall–Kier alpha value is -1.92. The normalized spacial score (nSPS) is 14.4. The van der Waals surface area contributed by atoms with Crippen molar-refractivity contribution in [1.82, 2.24) is 25.8 Å². The zero-order valence-corrected chi connectivity index (χ0v) is 9.62. The fraction of sp³-hybridized carbons (Fsp3) is 0.600. The maximum Gasteiger partial charge on any atom is 0.291 e. The summed E-state index contributed by atoms with van der Waals surface area (Å²) in [5, 5.41) is 11.8. The Labute approximate surface area is 98.4 Å². The van der Waals surface area contributed by atoms with Crippen LogP contribution in [-0.2, 0) is 4.79 Å². The molecule has 1 aromatic heterocycles. The van der Waals surface area contributed by atoms with E-state index in [2.05, 4.69) is 25.8 Å². The van der Waals surface area contributed by atoms with E-state index in [4.69, 9.17) is 0 Å². The fourth-order valence-corrected chi connectivity index (χ4v) is 1.41. The van der Waals surface area contributed by atoms with Gasteiger partial charge in [0.1, 0.15) is 5.82 Å². The number of nitrogens with zero attached hydrogens (tertiary/aromatic N) is 2. The van der Waals surface area contributed by atoms with Gasteiger partial charge in [0, 0.05) is 25.9 Å². The van der Waals surface area contributed by atoms with Crippen molar-refractivity contribution in [2.45, 2.75) is 25.7 Å². The molecule has 2 rings (SSSR count). The van der Waals surface area contributed by atoms with E-state index in [9.17, 15) is 9.59 Å². The van der Waals surface area contributed by atoms with E-state index >= 15 is 0 Å². The van der Waals surface area contributed by atoms with Crippen molar-refractivity contribution in [3.63, 3.8) is 0 Å². The first-order valence-corrected chi connectivity index (χ1v) is 5.61. The summed E-state index contributed by atoms with van der Waals surface area (Å²) in [4.78, 5) is 26.3. The van der Waals surface area contributed by atoms with E-state index in [0.717, 1.165) is 18.7 Å². The van der Waals surface area contributed by atoms with Crippen LogP contribution in [0.4, 0.5) is 0 Å². The van der Waals surface area contributed by atoms with E-state index in [1.54, 1.807) is 0 Å². The largest absolute Gasteiger partial charge is 0.355 e. The van der Waals surface area contributed by atoms with Crippen LogP contribution < -0.4 is 10.6 Å². The maximum atomic E-state index is 11.6. The Morgan fingerprint density at radius 3 is 2.71 bits per heavy atom. The molecule has 1 fully saturated rings. The van der Waals surface area contributed by atoms with Crippen LogP contribution in [0.25, 0.3) is 0 Å². The molecule has 0 unspecified atom stereocenters. The van der Waals surface area contributed by atoms with Gasteiger partial charge in [-0.25, -0.2) is 4.98 Å². The predicted molar refractivity (Wildman–Crippen MR) is 59.4 cm³/mol. The average Bonchev–Trinajstić information content (AvgIpc) is 3.02. The average molecular weight is 237 g/mol. The van der Waals surface area contributed by atoms with Crippen LogP contribution in [0.5, 0.6) is 0 Å². The second-order valence-electron chi connectivity index (χ2n) is 4.06. The van der Waals surface area contributed by atoms with Gasteiger partial charge in [-0.05, 0) is 12.8 Å². The van der Waals surface area contributed by atoms with E-state index < -0.39 is 0 Å². The van der Waals surface area contributed by atoms with Gasteiger partial charge in [0.2, 0.25) is 11.7 Å². The number of amides is 2. The second kappa shape index (κ2) is 4.94. The smallest absolute Gasteiger partial charge is 0.291 e. The summed E-state index contributed by atoms with van der Waals surface area (Å²) in [7, 11) is 0. The van der Waals surface area contributed by atoms with E-state index in [1.807, 2.05) is 0 Å². The van der Waals surface area contributed by atoms with Gasteiger partial charge in [-0.2, -0.15) is 0 Å². The van der Waals surface area contributed by atoms with Gasteiger partial charge in [-0.3, -0.25) is 14.7 Å². The predicted octanol–water partition coefficient (Wildman–Crippen LogP) is -0.452. The topological polar surface area (TPSA) is 99.8 Å². The highest BCUT2D eigenvalue weighted by Gasteiger charge is 2.28. The van der Waals surface area contributed by atoms with Gasteiger partial charge in [-0.1, -0.05) is 0 Å². The van der Waals surface area contributed by atoms with Gasteiger partial charge in [-0.15, -0.1) is 5.10 Å². The number of H-pyrrole nitrogens is 1. The number of carbonyl (C=O) groups is 2. The SMILES string of the molecule is CC(=O)NCCNC(=O)c1n[nH]c(C2CC2)n1. The number of aromatic amines is 1. The van der Waals surface area contributed by atoms with Crippen molar-refractivity contribution in [2.75, 3.05) is 13.1 Å². The minimum Gasteiger partial charge on any atom is -0.355 e. The van der Waals surface area contributed by atoms with E-state index in [0.29, 0.717) is 19.0 Å². The maximum absolute atomic E-state index is 11.6. The highest BCUT2D eigenvalue weighted by molar-refractivity contribution is 5.90. The third kappa shape index (κ3) is 3.27. The fourth-order valence-electron chi connectivity index (χ4n) is 1.41. The lowest BCUT2D eigenvalue weighted by atomic mass is 10.4. The molecule has 1 aliphatic rings. The first-order chi connectivity index (χ1) is 8.16. The number of nitrogens with one attached hydrogen (secondary N) is 3. The molecule has 0 bridgehead atoms. The van der Waals surface area contributed by atoms with E-state index in [-0.39, 0.29) is 17.6 Å².